The third-order valence-electron chi connectivity index (χ3n) is 7.25. The predicted octanol–water partition coefficient (Wildman–Crippen LogP) is 7.56. The molecule has 0 aliphatic rings. The van der Waals surface area contributed by atoms with Gasteiger partial charge in [-0.2, -0.15) is 13.2 Å². The molecule has 38 heavy (non-hydrogen) atoms. The minimum absolute atomic E-state index is 0.506. The Morgan fingerprint density at radius 3 is 2.47 bits per heavy atom. The highest BCUT2D eigenvalue weighted by Crippen LogP contribution is 2.32. The molecule has 1 unspecified atom stereocenters. The van der Waals surface area contributed by atoms with Crippen LogP contribution in [0, 0.1) is 0 Å². The molecule has 1 atom stereocenters. The lowest BCUT2D eigenvalue weighted by Gasteiger charge is -2.30. The first-order chi connectivity index (χ1) is 18.3. The van der Waals surface area contributed by atoms with E-state index in [1.54, 1.807) is 12.3 Å². The van der Waals surface area contributed by atoms with Gasteiger partial charge in [0.15, 0.2) is 0 Å². The van der Waals surface area contributed by atoms with Gasteiger partial charge >= 0.3 is 6.18 Å². The molecule has 2 heterocycles. The summed E-state index contributed by atoms with van der Waals surface area (Å²) in [5.74, 6) is 0. The van der Waals surface area contributed by atoms with Crippen LogP contribution in [0.4, 0.5) is 13.2 Å². The molecular weight excluding hydrogens is 485 g/mol. The van der Waals surface area contributed by atoms with Gasteiger partial charge in [0.25, 0.3) is 0 Å². The number of likely N-dealkylation sites (N-methyl/N-ethyl adjacent to an activating group) is 1. The molecule has 0 N–H and O–H groups in total. The van der Waals surface area contributed by atoms with Crippen molar-refractivity contribution in [2.24, 2.45) is 0 Å². The van der Waals surface area contributed by atoms with Crippen LogP contribution in [0.2, 0.25) is 0 Å². The molecule has 0 fully saturated rings. The molecule has 4 rings (SSSR count). The molecule has 0 saturated carbocycles. The number of fused-ring (bicyclic) bond motifs is 1. The quantitative estimate of drug-likeness (QED) is 0.192. The average Bonchev–Trinajstić information content (AvgIpc) is 3.28. The van der Waals surface area contributed by atoms with E-state index in [1.807, 2.05) is 41.2 Å². The number of hydrogen-bond acceptors (Lipinski definition) is 3. The van der Waals surface area contributed by atoms with E-state index in [9.17, 15) is 13.2 Å². The lowest BCUT2D eigenvalue weighted by Crippen LogP contribution is -2.38. The molecule has 2 aromatic heterocycles. The molecular formula is C31H37F3N4. The number of benzene rings is 2. The number of para-hydroxylation sites is 1. The minimum atomic E-state index is -4.39. The van der Waals surface area contributed by atoms with Crippen LogP contribution in [0.1, 0.15) is 49.8 Å². The van der Waals surface area contributed by atoms with Gasteiger partial charge in [-0.15, -0.1) is 0 Å². The van der Waals surface area contributed by atoms with Gasteiger partial charge in [-0.1, -0.05) is 50.6 Å². The summed E-state index contributed by atoms with van der Waals surface area (Å²) in [7, 11) is 2.20. The molecule has 0 aliphatic heterocycles. The topological polar surface area (TPSA) is 24.3 Å². The first kappa shape index (κ1) is 27.9. The predicted molar refractivity (Wildman–Crippen MR) is 148 cm³/mol. The van der Waals surface area contributed by atoms with Crippen LogP contribution in [-0.4, -0.2) is 45.5 Å². The van der Waals surface area contributed by atoms with E-state index in [0.29, 0.717) is 18.3 Å². The van der Waals surface area contributed by atoms with E-state index in [1.165, 1.54) is 18.6 Å². The molecule has 2 aromatic carbocycles. The maximum atomic E-state index is 13.4. The van der Waals surface area contributed by atoms with Crippen LogP contribution in [-0.2, 0) is 19.3 Å². The van der Waals surface area contributed by atoms with Crippen LogP contribution in [0.5, 0.6) is 0 Å². The van der Waals surface area contributed by atoms with Crippen LogP contribution < -0.4 is 0 Å². The maximum Gasteiger partial charge on any atom is 0.416 e. The third-order valence-corrected chi connectivity index (χ3v) is 7.25. The first-order valence-electron chi connectivity index (χ1n) is 13.4. The SMILES string of the molecule is CCCC(CC)N(C)CCN(Cc1cccnc1)Cc1cn(-c2cccc(C(F)(F)F)c2)c2ccccc12. The van der Waals surface area contributed by atoms with Gasteiger partial charge in [0.2, 0.25) is 0 Å². The Hall–Kier alpha value is -3.16. The normalized spacial score (nSPS) is 13.1. The molecule has 7 heteroatoms. The lowest BCUT2D eigenvalue weighted by atomic mass is 10.1. The number of aromatic nitrogens is 2. The largest absolute Gasteiger partial charge is 0.416 e. The van der Waals surface area contributed by atoms with Crippen molar-refractivity contribution in [3.63, 3.8) is 0 Å². The summed E-state index contributed by atoms with van der Waals surface area (Å²) in [5.41, 5.74) is 2.98. The maximum absolute atomic E-state index is 13.4. The monoisotopic (exact) mass is 522 g/mol. The number of alkyl halides is 3. The fourth-order valence-electron chi connectivity index (χ4n) is 5.18. The van der Waals surface area contributed by atoms with Crippen molar-refractivity contribution < 1.29 is 13.2 Å². The number of rotatable bonds is 12. The molecule has 0 amide bonds. The number of pyridine rings is 1. The second-order valence-electron chi connectivity index (χ2n) is 9.99. The fraction of sp³-hybridized carbons (Fsp3) is 0.387. The van der Waals surface area contributed by atoms with E-state index in [0.717, 1.165) is 60.6 Å². The Labute approximate surface area is 223 Å². The fourth-order valence-corrected chi connectivity index (χ4v) is 5.18. The van der Waals surface area contributed by atoms with Crippen molar-refractivity contribution in [1.29, 1.82) is 0 Å². The number of nitrogens with zero attached hydrogens (tertiary/aromatic N) is 4. The lowest BCUT2D eigenvalue weighted by molar-refractivity contribution is -0.137. The zero-order chi connectivity index (χ0) is 27.1. The number of halogens is 3. The van der Waals surface area contributed by atoms with Gasteiger partial charge in [-0.25, -0.2) is 0 Å². The van der Waals surface area contributed by atoms with E-state index >= 15 is 0 Å². The van der Waals surface area contributed by atoms with E-state index < -0.39 is 11.7 Å². The molecule has 4 aromatic rings. The van der Waals surface area contributed by atoms with Crippen molar-refractivity contribution in [3.05, 3.63) is 95.9 Å². The van der Waals surface area contributed by atoms with Gasteiger partial charge in [0.05, 0.1) is 11.1 Å². The highest BCUT2D eigenvalue weighted by atomic mass is 19.4. The van der Waals surface area contributed by atoms with Gasteiger partial charge in [-0.05, 0) is 61.3 Å². The van der Waals surface area contributed by atoms with Crippen molar-refractivity contribution >= 4 is 10.9 Å². The summed E-state index contributed by atoms with van der Waals surface area (Å²) in [4.78, 5) is 9.15. The van der Waals surface area contributed by atoms with Crippen LogP contribution in [0.15, 0.2) is 79.3 Å². The van der Waals surface area contributed by atoms with Crippen LogP contribution in [0.3, 0.4) is 0 Å². The summed E-state index contributed by atoms with van der Waals surface area (Å²) in [6.07, 6.45) is 4.75. The Kier molecular flexibility index (Phi) is 9.23. The minimum Gasteiger partial charge on any atom is -0.316 e. The van der Waals surface area contributed by atoms with Crippen molar-refractivity contribution in [3.8, 4) is 5.69 Å². The van der Waals surface area contributed by atoms with Gasteiger partial charge < -0.3 is 9.47 Å². The second kappa shape index (κ2) is 12.6. The molecule has 4 nitrogen and oxygen atoms in total. The highest BCUT2D eigenvalue weighted by molar-refractivity contribution is 5.85. The van der Waals surface area contributed by atoms with Gasteiger partial charge in [0, 0.05) is 61.9 Å². The third kappa shape index (κ3) is 6.83. The van der Waals surface area contributed by atoms with Crippen molar-refractivity contribution in [2.45, 2.75) is 58.4 Å². The summed E-state index contributed by atoms with van der Waals surface area (Å²) in [6, 6.07) is 18.1. The van der Waals surface area contributed by atoms with Crippen molar-refractivity contribution in [1.82, 2.24) is 19.4 Å². The molecule has 0 radical (unpaired) electrons. The Bertz CT molecular complexity index is 1300. The van der Waals surface area contributed by atoms with E-state index in [2.05, 4.69) is 47.8 Å². The molecule has 0 spiro atoms. The van der Waals surface area contributed by atoms with Crippen LogP contribution in [0.25, 0.3) is 16.6 Å². The van der Waals surface area contributed by atoms with Gasteiger partial charge in [-0.3, -0.25) is 9.88 Å². The highest BCUT2D eigenvalue weighted by Gasteiger charge is 2.30. The second-order valence-corrected chi connectivity index (χ2v) is 9.99. The summed E-state index contributed by atoms with van der Waals surface area (Å²) in [5, 5.41) is 1.05. The number of hydrogen-bond donors (Lipinski definition) is 0. The first-order valence-corrected chi connectivity index (χ1v) is 13.4. The average molecular weight is 523 g/mol. The Morgan fingerprint density at radius 1 is 0.947 bits per heavy atom. The Balaban J connectivity index is 1.64. The zero-order valence-corrected chi connectivity index (χ0v) is 22.5. The zero-order valence-electron chi connectivity index (χ0n) is 22.5. The summed E-state index contributed by atoms with van der Waals surface area (Å²) < 4.78 is 42.2. The molecule has 0 bridgehead atoms. The smallest absolute Gasteiger partial charge is 0.316 e. The molecule has 0 aliphatic carbocycles. The molecule has 202 valence electrons. The van der Waals surface area contributed by atoms with Gasteiger partial charge in [0.1, 0.15) is 0 Å². The Morgan fingerprint density at radius 2 is 1.76 bits per heavy atom. The molecule has 0 saturated heterocycles. The van der Waals surface area contributed by atoms with Crippen LogP contribution >= 0.6 is 0 Å². The van der Waals surface area contributed by atoms with Crippen molar-refractivity contribution in [2.75, 3.05) is 20.1 Å². The van der Waals surface area contributed by atoms with E-state index in [4.69, 9.17) is 0 Å². The standard InChI is InChI=1S/C31H37F3N4/c1-4-10-27(5-2)36(3)17-18-37(21-24-11-9-16-35-20-24)22-25-23-38(30-15-7-6-14-29(25)30)28-13-8-12-26(19-28)31(32,33)34/h6-9,11-16,19-20,23,27H,4-5,10,17-18,21-22H2,1-3H3. The summed E-state index contributed by atoms with van der Waals surface area (Å²) >= 11 is 0. The summed E-state index contributed by atoms with van der Waals surface area (Å²) in [6.45, 7) is 7.70. The van der Waals surface area contributed by atoms with E-state index in [-0.39, 0.29) is 0 Å².